The molecule has 1 unspecified atom stereocenters. The van der Waals surface area contributed by atoms with Gasteiger partial charge >= 0.3 is 0 Å². The van der Waals surface area contributed by atoms with Crippen LogP contribution in [0, 0.1) is 105 Å². The average molecular weight is 1090 g/mol. The van der Waals surface area contributed by atoms with E-state index in [1.807, 2.05) is 26.8 Å². The van der Waals surface area contributed by atoms with Gasteiger partial charge in [0.15, 0.2) is 9.84 Å². The van der Waals surface area contributed by atoms with E-state index in [0.717, 1.165) is 98.9 Å². The van der Waals surface area contributed by atoms with Gasteiger partial charge in [-0.15, -0.1) is 0 Å². The molecule has 0 heterocycles. The van der Waals surface area contributed by atoms with Crippen LogP contribution >= 0.6 is 0 Å². The minimum atomic E-state index is -3.53. The van der Waals surface area contributed by atoms with E-state index in [1.54, 1.807) is 24.3 Å². The third-order valence-corrected chi connectivity index (χ3v) is 27.0. The van der Waals surface area contributed by atoms with Gasteiger partial charge < -0.3 is 25.5 Å². The number of benzene rings is 1. The second kappa shape index (κ2) is 26.0. The van der Waals surface area contributed by atoms with Crippen molar-refractivity contribution in [3.8, 4) is 0 Å². The summed E-state index contributed by atoms with van der Waals surface area (Å²) in [6, 6.07) is 8.89. The SMILES string of the molecule is C.C.C.CC(C)[C@H](O)CC(C[C@@H](C)[C@H]1CC[C@H]2[C@@H]3CC[C@H]4C[C@@](C)(O)CC[C@]4(C)[C@H]3CC[C@]12C)S(=O)(=O)c1ccccc1.CC(C)[C@H](O)CCC[C@@H](C)[C@H]1CC[C@H]2[C@@H]3CC[C@H]4C[C@@](C)(O)CC[C@]4(C)[C@H]3CC[C@]12C.CO. The standard InChI is InChI=1S/C35H56O4S.C29H52O2.CH4O.3CH4/c1-23(2)32(36)21-27(40(38,39)26-10-8-7-9-11-26)20-24(3)29-14-15-30-28-13-12-25-22-33(4,37)18-19-34(25,5)31(28)16-17-35(29,30)6;1-19(2)26(30)9-7-8-20(3)23-12-13-24-22-11-10-21-18-27(4,31)16-17-28(21,5)25(22)14-15-29(23,24)6;1-2;;;/h7-11,23-25,27-32,36-37H,12-22H2,1-6H3;19-26,30-31H,7-18H2,1-6H3;2H,1H3;3*1H4/t24-,25+,27?,28+,29-,30+,31+,32-,33+,34+,35-;20-,21+,22+,23-,24+,25+,26-,27+,28+,29-;;;;/m11..../s1. The van der Waals surface area contributed by atoms with Gasteiger partial charge in [0, 0.05) is 7.11 Å². The van der Waals surface area contributed by atoms with E-state index in [2.05, 4.69) is 62.3 Å². The van der Waals surface area contributed by atoms with Gasteiger partial charge in [-0.25, -0.2) is 8.42 Å². The minimum Gasteiger partial charge on any atom is -0.400 e. The minimum absolute atomic E-state index is 0. The molecule has 0 aliphatic heterocycles. The summed E-state index contributed by atoms with van der Waals surface area (Å²) in [5.41, 5.74) is 0.731. The van der Waals surface area contributed by atoms with Crippen molar-refractivity contribution in [2.75, 3.05) is 7.11 Å². The third kappa shape index (κ3) is 13.2. The van der Waals surface area contributed by atoms with E-state index in [9.17, 15) is 28.8 Å². The van der Waals surface area contributed by atoms with Gasteiger partial charge in [-0.05, 0) is 265 Å². The number of sulfone groups is 1. The predicted molar refractivity (Wildman–Crippen MR) is 321 cm³/mol. The Bertz CT molecular complexity index is 2040. The molecule has 76 heavy (non-hydrogen) atoms. The van der Waals surface area contributed by atoms with Crippen molar-refractivity contribution >= 4 is 9.84 Å². The second-order valence-corrected chi connectivity index (χ2v) is 31.9. The largest absolute Gasteiger partial charge is 0.400 e. The zero-order valence-corrected chi connectivity index (χ0v) is 49.7. The molecule has 0 radical (unpaired) electrons. The topological polar surface area (TPSA) is 135 Å². The van der Waals surface area contributed by atoms with Crippen LogP contribution in [0.15, 0.2) is 35.2 Å². The Hall–Kier alpha value is -1.03. The summed E-state index contributed by atoms with van der Waals surface area (Å²) in [6.07, 6.45) is 26.1. The quantitative estimate of drug-likeness (QED) is 0.125. The summed E-state index contributed by atoms with van der Waals surface area (Å²) >= 11 is 0. The van der Waals surface area contributed by atoms with Crippen LogP contribution in [0.3, 0.4) is 0 Å². The first kappa shape index (κ1) is 67.5. The van der Waals surface area contributed by atoms with Crippen LogP contribution in [-0.4, -0.2) is 69.7 Å². The van der Waals surface area contributed by atoms with Gasteiger partial charge in [0.1, 0.15) is 0 Å². The highest BCUT2D eigenvalue weighted by Crippen LogP contribution is 2.71. The van der Waals surface area contributed by atoms with Crippen molar-refractivity contribution in [1.82, 2.24) is 0 Å². The molecule has 8 saturated carbocycles. The number of fused-ring (bicyclic) bond motifs is 10. The van der Waals surface area contributed by atoms with Crippen molar-refractivity contribution in [3.05, 3.63) is 30.3 Å². The molecule has 444 valence electrons. The zero-order chi connectivity index (χ0) is 53.7. The van der Waals surface area contributed by atoms with Crippen molar-refractivity contribution in [1.29, 1.82) is 0 Å². The Kier molecular flexibility index (Phi) is 23.1. The van der Waals surface area contributed by atoms with Crippen LogP contribution < -0.4 is 0 Å². The zero-order valence-electron chi connectivity index (χ0n) is 48.9. The summed E-state index contributed by atoms with van der Waals surface area (Å²) < 4.78 is 27.8. The highest BCUT2D eigenvalue weighted by molar-refractivity contribution is 7.92. The molecule has 0 bridgehead atoms. The first-order valence-electron chi connectivity index (χ1n) is 30.7. The molecule has 7 nitrogen and oxygen atoms in total. The summed E-state index contributed by atoms with van der Waals surface area (Å²) in [7, 11) is -2.53. The van der Waals surface area contributed by atoms with Crippen molar-refractivity contribution < 1.29 is 34.0 Å². The molecule has 8 fully saturated rings. The molecular formula is C68H124O7S. The highest BCUT2D eigenvalue weighted by atomic mass is 32.2. The molecular weight excluding hydrogens is 961 g/mol. The smallest absolute Gasteiger partial charge is 0.181 e. The molecule has 21 atom stereocenters. The Labute approximate surface area is 470 Å². The van der Waals surface area contributed by atoms with E-state index in [-0.39, 0.29) is 39.7 Å². The summed E-state index contributed by atoms with van der Waals surface area (Å²) in [5.74, 6) is 9.34. The summed E-state index contributed by atoms with van der Waals surface area (Å²) in [6.45, 7) is 27.6. The molecule has 8 heteroatoms. The first-order valence-corrected chi connectivity index (χ1v) is 32.3. The fourth-order valence-electron chi connectivity index (χ4n) is 20.3. The molecule has 8 aliphatic carbocycles. The van der Waals surface area contributed by atoms with Gasteiger partial charge in [0.2, 0.25) is 0 Å². The molecule has 8 aliphatic rings. The first-order chi connectivity index (χ1) is 34.2. The van der Waals surface area contributed by atoms with Crippen LogP contribution in [0.25, 0.3) is 0 Å². The van der Waals surface area contributed by atoms with Gasteiger partial charge in [-0.3, -0.25) is 0 Å². The molecule has 0 saturated heterocycles. The maximum atomic E-state index is 13.9. The van der Waals surface area contributed by atoms with E-state index < -0.39 is 32.4 Å². The normalized spacial score (nSPS) is 42.3. The maximum Gasteiger partial charge on any atom is 0.181 e. The number of hydrogen-bond donors (Lipinski definition) is 5. The van der Waals surface area contributed by atoms with Gasteiger partial charge in [-0.2, -0.15) is 0 Å². The lowest BCUT2D eigenvalue weighted by Crippen LogP contribution is -2.55. The van der Waals surface area contributed by atoms with E-state index >= 15 is 0 Å². The number of aliphatic hydroxyl groups is 5. The van der Waals surface area contributed by atoms with Crippen molar-refractivity contribution in [2.45, 2.75) is 287 Å². The van der Waals surface area contributed by atoms with Crippen LogP contribution in [0.1, 0.15) is 253 Å². The van der Waals surface area contributed by atoms with Crippen molar-refractivity contribution in [3.63, 3.8) is 0 Å². The lowest BCUT2D eigenvalue weighted by Gasteiger charge is -2.62. The predicted octanol–water partition coefficient (Wildman–Crippen LogP) is 16.4. The van der Waals surface area contributed by atoms with Gasteiger partial charge in [0.05, 0.1) is 33.6 Å². The number of hydrogen-bond acceptors (Lipinski definition) is 7. The summed E-state index contributed by atoms with van der Waals surface area (Å²) in [4.78, 5) is 0.385. The fourth-order valence-corrected chi connectivity index (χ4v) is 22.2. The van der Waals surface area contributed by atoms with Crippen LogP contribution in [-0.2, 0) is 9.84 Å². The van der Waals surface area contributed by atoms with Crippen LogP contribution in [0.4, 0.5) is 0 Å². The highest BCUT2D eigenvalue weighted by Gasteiger charge is 2.63. The molecule has 0 amide bonds. The molecule has 9 rings (SSSR count). The second-order valence-electron chi connectivity index (χ2n) is 29.6. The molecule has 0 aromatic heterocycles. The lowest BCUT2D eigenvalue weighted by molar-refractivity contribution is -0.148. The molecule has 1 aromatic carbocycles. The van der Waals surface area contributed by atoms with Crippen LogP contribution in [0.5, 0.6) is 0 Å². The number of rotatable bonds is 14. The van der Waals surface area contributed by atoms with E-state index in [1.165, 1.54) is 96.3 Å². The van der Waals surface area contributed by atoms with E-state index in [4.69, 9.17) is 5.11 Å². The molecule has 0 spiro atoms. The Morgan fingerprint density at radius 2 is 0.921 bits per heavy atom. The average Bonchev–Trinajstić information content (AvgIpc) is 3.89. The summed E-state index contributed by atoms with van der Waals surface area (Å²) in [5, 5.41) is 49.0. The monoisotopic (exact) mass is 1080 g/mol. The molecule has 1 aromatic rings. The van der Waals surface area contributed by atoms with Gasteiger partial charge in [-0.1, -0.05) is 123 Å². The maximum absolute atomic E-state index is 13.9. The Balaban J connectivity index is 0.000000315. The third-order valence-electron chi connectivity index (χ3n) is 24.8. The Morgan fingerprint density at radius 1 is 0.500 bits per heavy atom. The molecule has 5 N–H and O–H groups in total. The Morgan fingerprint density at radius 3 is 1.36 bits per heavy atom. The number of aliphatic hydroxyl groups excluding tert-OH is 3. The lowest BCUT2D eigenvalue weighted by atomic mass is 9.43. The van der Waals surface area contributed by atoms with Gasteiger partial charge in [0.25, 0.3) is 0 Å². The van der Waals surface area contributed by atoms with Crippen LogP contribution in [0.2, 0.25) is 0 Å². The van der Waals surface area contributed by atoms with Crippen molar-refractivity contribution in [2.24, 2.45) is 105 Å². The van der Waals surface area contributed by atoms with E-state index in [0.29, 0.717) is 57.7 Å². The fraction of sp³-hybridized carbons (Fsp3) is 0.912.